The topological polar surface area (TPSA) is 32.8 Å². The highest BCUT2D eigenvalue weighted by atomic mass is 16.5. The molecule has 2 aliphatic rings. The molecule has 150 valence electrons. The molecular formula is C27H20N2O2. The van der Waals surface area contributed by atoms with Gasteiger partial charge in [0, 0.05) is 17.8 Å². The molecule has 0 fully saturated rings. The smallest absolute Gasteiger partial charge is 0.338 e. The second-order valence-electron chi connectivity index (χ2n) is 7.71. The van der Waals surface area contributed by atoms with Gasteiger partial charge < -0.3 is 14.5 Å². The Hall–Kier alpha value is -4.05. The maximum absolute atomic E-state index is 12.4. The molecule has 4 nitrogen and oxygen atoms in total. The van der Waals surface area contributed by atoms with Crippen molar-refractivity contribution in [2.24, 2.45) is 0 Å². The fourth-order valence-electron chi connectivity index (χ4n) is 4.52. The minimum absolute atomic E-state index is 0.243. The van der Waals surface area contributed by atoms with E-state index in [0.717, 1.165) is 46.1 Å². The third-order valence-electron chi connectivity index (χ3n) is 5.92. The van der Waals surface area contributed by atoms with E-state index >= 15 is 0 Å². The zero-order valence-corrected chi connectivity index (χ0v) is 16.9. The Morgan fingerprint density at radius 3 is 1.77 bits per heavy atom. The van der Waals surface area contributed by atoms with Crippen molar-refractivity contribution in [1.29, 1.82) is 0 Å². The zero-order chi connectivity index (χ0) is 20.8. The second-order valence-corrected chi connectivity index (χ2v) is 7.71. The van der Waals surface area contributed by atoms with Crippen molar-refractivity contribution in [2.75, 3.05) is 16.4 Å². The molecule has 0 saturated carbocycles. The number of carbonyl (C=O) groups excluding carboxylic acids is 1. The van der Waals surface area contributed by atoms with Crippen molar-refractivity contribution in [3.05, 3.63) is 108 Å². The highest BCUT2D eigenvalue weighted by Crippen LogP contribution is 2.53. The van der Waals surface area contributed by atoms with E-state index in [9.17, 15) is 4.79 Å². The van der Waals surface area contributed by atoms with E-state index in [4.69, 9.17) is 4.74 Å². The molecular weight excluding hydrogens is 384 g/mol. The second kappa shape index (κ2) is 7.03. The van der Waals surface area contributed by atoms with Gasteiger partial charge in [0.1, 0.15) is 0 Å². The van der Waals surface area contributed by atoms with Crippen molar-refractivity contribution in [3.8, 4) is 0 Å². The molecule has 0 N–H and O–H groups in total. The average Bonchev–Trinajstić information content (AvgIpc) is 2.83. The van der Waals surface area contributed by atoms with E-state index in [2.05, 4.69) is 94.7 Å². The lowest BCUT2D eigenvalue weighted by atomic mass is 10.00. The van der Waals surface area contributed by atoms with Gasteiger partial charge in [-0.2, -0.15) is 0 Å². The molecule has 4 heteroatoms. The third-order valence-corrected chi connectivity index (χ3v) is 5.92. The first-order valence-electron chi connectivity index (χ1n) is 10.4. The summed E-state index contributed by atoms with van der Waals surface area (Å²) in [6.07, 6.45) is 0.760. The molecule has 0 atom stereocenters. The SMILES string of the molecule is O=C1OCCc2ccc(N3c4ccccc4N(c4ccccc4)c4ccccc43)cc21. The van der Waals surface area contributed by atoms with E-state index in [1.54, 1.807) is 0 Å². The number of rotatable bonds is 2. The van der Waals surface area contributed by atoms with Crippen LogP contribution < -0.4 is 9.80 Å². The van der Waals surface area contributed by atoms with Gasteiger partial charge in [-0.15, -0.1) is 0 Å². The molecule has 0 radical (unpaired) electrons. The fraction of sp³-hybridized carbons (Fsp3) is 0.0741. The first kappa shape index (κ1) is 17.8. The van der Waals surface area contributed by atoms with Crippen molar-refractivity contribution in [3.63, 3.8) is 0 Å². The Morgan fingerprint density at radius 2 is 1.16 bits per heavy atom. The number of hydrogen-bond donors (Lipinski definition) is 0. The standard InChI is InChI=1S/C27H20N2O2/c30-27-22-18-21(15-14-19(22)16-17-31-27)29-25-12-6-4-10-23(25)28(20-8-2-1-3-9-20)24-11-5-7-13-26(24)29/h1-15,18H,16-17H2. The molecule has 0 amide bonds. The van der Waals surface area contributed by atoms with E-state index in [1.165, 1.54) is 0 Å². The Balaban J connectivity index is 1.59. The van der Waals surface area contributed by atoms with Crippen molar-refractivity contribution in [2.45, 2.75) is 6.42 Å². The maximum Gasteiger partial charge on any atom is 0.338 e. The van der Waals surface area contributed by atoms with Crippen LogP contribution in [0.1, 0.15) is 15.9 Å². The summed E-state index contributed by atoms with van der Waals surface area (Å²) in [6.45, 7) is 0.451. The maximum atomic E-state index is 12.4. The quantitative estimate of drug-likeness (QED) is 0.308. The predicted molar refractivity (Wildman–Crippen MR) is 123 cm³/mol. The first-order chi connectivity index (χ1) is 15.3. The number of esters is 1. The van der Waals surface area contributed by atoms with E-state index in [1.807, 2.05) is 12.1 Å². The molecule has 0 spiro atoms. The van der Waals surface area contributed by atoms with Crippen LogP contribution in [0.2, 0.25) is 0 Å². The number of nitrogens with zero attached hydrogens (tertiary/aromatic N) is 2. The zero-order valence-electron chi connectivity index (χ0n) is 16.9. The van der Waals surface area contributed by atoms with E-state index < -0.39 is 0 Å². The highest BCUT2D eigenvalue weighted by Gasteiger charge is 2.31. The summed E-state index contributed by atoms with van der Waals surface area (Å²) in [5, 5.41) is 0. The molecule has 2 aliphatic heterocycles. The van der Waals surface area contributed by atoms with Crippen LogP contribution >= 0.6 is 0 Å². The van der Waals surface area contributed by atoms with Crippen molar-refractivity contribution >= 4 is 40.1 Å². The van der Waals surface area contributed by atoms with Gasteiger partial charge in [0.25, 0.3) is 0 Å². The number of hydrogen-bond acceptors (Lipinski definition) is 4. The van der Waals surface area contributed by atoms with Gasteiger partial charge in [-0.3, -0.25) is 0 Å². The van der Waals surface area contributed by atoms with Gasteiger partial charge in [0.2, 0.25) is 0 Å². The molecule has 6 rings (SSSR count). The van der Waals surface area contributed by atoms with Crippen LogP contribution in [0.4, 0.5) is 34.1 Å². The summed E-state index contributed by atoms with van der Waals surface area (Å²) in [7, 11) is 0. The number of fused-ring (bicyclic) bond motifs is 3. The predicted octanol–water partition coefficient (Wildman–Crippen LogP) is 6.65. The summed E-state index contributed by atoms with van der Waals surface area (Å²) >= 11 is 0. The molecule has 4 aromatic rings. The van der Waals surface area contributed by atoms with Gasteiger partial charge in [0.15, 0.2) is 0 Å². The van der Waals surface area contributed by atoms with E-state index in [0.29, 0.717) is 12.2 Å². The number of carbonyl (C=O) groups is 1. The highest BCUT2D eigenvalue weighted by molar-refractivity contribution is 6.02. The summed E-state index contributed by atoms with van der Waals surface area (Å²) in [5.41, 5.74) is 8.07. The molecule has 0 saturated heterocycles. The number of benzene rings is 4. The van der Waals surface area contributed by atoms with Crippen LogP contribution in [0.15, 0.2) is 97.1 Å². The van der Waals surface area contributed by atoms with Gasteiger partial charge >= 0.3 is 5.97 Å². The number of anilines is 6. The Morgan fingerprint density at radius 1 is 0.613 bits per heavy atom. The summed E-state index contributed by atoms with van der Waals surface area (Å²) < 4.78 is 5.29. The molecule has 0 bridgehead atoms. The largest absolute Gasteiger partial charge is 0.462 e. The fourth-order valence-corrected chi connectivity index (χ4v) is 4.52. The average molecular weight is 404 g/mol. The van der Waals surface area contributed by atoms with Crippen molar-refractivity contribution in [1.82, 2.24) is 0 Å². The molecule has 4 aromatic carbocycles. The lowest BCUT2D eigenvalue weighted by Crippen LogP contribution is -2.24. The third kappa shape index (κ3) is 2.80. The molecule has 31 heavy (non-hydrogen) atoms. The van der Waals surface area contributed by atoms with Crippen LogP contribution in [0.25, 0.3) is 0 Å². The normalized spacial score (nSPS) is 14.4. The summed E-state index contributed by atoms with van der Waals surface area (Å²) in [5.74, 6) is -0.243. The number of ether oxygens (including phenoxy) is 1. The Bertz CT molecular complexity index is 1250. The first-order valence-corrected chi connectivity index (χ1v) is 10.4. The minimum Gasteiger partial charge on any atom is -0.462 e. The molecule has 0 aliphatic carbocycles. The van der Waals surface area contributed by atoms with Gasteiger partial charge in [0.05, 0.1) is 34.9 Å². The summed E-state index contributed by atoms with van der Waals surface area (Å²) in [4.78, 5) is 16.9. The Kier molecular flexibility index (Phi) is 4.03. The molecule has 0 unspecified atom stereocenters. The van der Waals surface area contributed by atoms with Crippen LogP contribution in [0, 0.1) is 0 Å². The number of para-hydroxylation sites is 5. The van der Waals surface area contributed by atoms with Crippen LogP contribution in [0.5, 0.6) is 0 Å². The van der Waals surface area contributed by atoms with Crippen LogP contribution in [-0.2, 0) is 11.2 Å². The van der Waals surface area contributed by atoms with Gasteiger partial charge in [-0.25, -0.2) is 4.79 Å². The summed E-state index contributed by atoms with van der Waals surface area (Å²) in [6, 6.07) is 33.3. The van der Waals surface area contributed by atoms with Gasteiger partial charge in [-0.05, 0) is 54.1 Å². The lowest BCUT2D eigenvalue weighted by molar-refractivity contribution is 0.0480. The van der Waals surface area contributed by atoms with Crippen LogP contribution in [0.3, 0.4) is 0 Å². The monoisotopic (exact) mass is 404 g/mol. The van der Waals surface area contributed by atoms with Crippen LogP contribution in [-0.4, -0.2) is 12.6 Å². The Labute approximate surface area is 180 Å². The van der Waals surface area contributed by atoms with Gasteiger partial charge in [-0.1, -0.05) is 48.5 Å². The molecule has 0 aromatic heterocycles. The minimum atomic E-state index is -0.243. The molecule has 2 heterocycles. The van der Waals surface area contributed by atoms with E-state index in [-0.39, 0.29) is 5.97 Å². The lowest BCUT2D eigenvalue weighted by Gasteiger charge is -2.40. The van der Waals surface area contributed by atoms with Crippen molar-refractivity contribution < 1.29 is 9.53 Å². The number of cyclic esters (lactones) is 1.